The zero-order valence-electron chi connectivity index (χ0n) is 12.8. The first-order valence-corrected chi connectivity index (χ1v) is 8.29. The highest BCUT2D eigenvalue weighted by molar-refractivity contribution is 7.18. The van der Waals surface area contributed by atoms with Crippen LogP contribution in [0.4, 0.5) is 5.82 Å². The lowest BCUT2D eigenvalue weighted by Crippen LogP contribution is -2.47. The maximum atomic E-state index is 5.88. The first-order chi connectivity index (χ1) is 10.2. The van der Waals surface area contributed by atoms with Gasteiger partial charge in [0, 0.05) is 18.0 Å². The molecule has 1 saturated heterocycles. The van der Waals surface area contributed by atoms with Gasteiger partial charge in [0.25, 0.3) is 0 Å². The lowest BCUT2D eigenvalue weighted by atomic mass is 10.1. The zero-order chi connectivity index (χ0) is 14.8. The van der Waals surface area contributed by atoms with Crippen LogP contribution in [0.3, 0.4) is 0 Å². The van der Waals surface area contributed by atoms with Crippen LogP contribution in [-0.2, 0) is 11.2 Å². The van der Waals surface area contributed by atoms with E-state index in [1.807, 2.05) is 0 Å². The largest absolute Gasteiger partial charge is 0.373 e. The van der Waals surface area contributed by atoms with E-state index < -0.39 is 0 Å². The molecule has 0 saturated carbocycles. The number of rotatable bonds is 4. The van der Waals surface area contributed by atoms with E-state index in [9.17, 15) is 0 Å². The molecule has 6 heteroatoms. The predicted molar refractivity (Wildman–Crippen MR) is 87.1 cm³/mol. The number of aromatic nitrogens is 2. The normalized spacial score (nSPS) is 21.6. The molecule has 1 N–H and O–H groups in total. The van der Waals surface area contributed by atoms with Gasteiger partial charge in [0.1, 0.15) is 17.0 Å². The summed E-state index contributed by atoms with van der Waals surface area (Å²) in [5.41, 5.74) is 0. The van der Waals surface area contributed by atoms with Crippen LogP contribution in [0.2, 0.25) is 0 Å². The molecular formula is C15H22N4OS. The maximum absolute atomic E-state index is 5.88. The van der Waals surface area contributed by atoms with E-state index in [1.165, 1.54) is 4.88 Å². The van der Waals surface area contributed by atoms with Gasteiger partial charge in [-0.2, -0.15) is 0 Å². The minimum atomic E-state index is 0.193. The van der Waals surface area contributed by atoms with E-state index in [4.69, 9.17) is 4.74 Å². The molecule has 1 aliphatic rings. The summed E-state index contributed by atoms with van der Waals surface area (Å²) in [5, 5.41) is 4.64. The van der Waals surface area contributed by atoms with Gasteiger partial charge in [0.15, 0.2) is 0 Å². The SMILES string of the molecule is CCc1cc2c(NC(C)C3CN(C)CCO3)ncnc2s1. The van der Waals surface area contributed by atoms with Crippen LogP contribution in [0.1, 0.15) is 18.7 Å². The Morgan fingerprint density at radius 3 is 3.14 bits per heavy atom. The van der Waals surface area contributed by atoms with E-state index in [1.54, 1.807) is 17.7 Å². The standard InChI is InChI=1S/C15H22N4OS/c1-4-11-7-12-14(16-9-17-15(12)21-11)18-10(2)13-8-19(3)5-6-20-13/h7,9-10,13H,4-6,8H2,1-3H3,(H,16,17,18). The van der Waals surface area contributed by atoms with Crippen LogP contribution < -0.4 is 5.32 Å². The average Bonchev–Trinajstić information content (AvgIpc) is 2.91. The van der Waals surface area contributed by atoms with Crippen molar-refractivity contribution < 1.29 is 4.74 Å². The number of aryl methyl sites for hydroxylation is 1. The summed E-state index contributed by atoms with van der Waals surface area (Å²) in [4.78, 5) is 13.5. The summed E-state index contributed by atoms with van der Waals surface area (Å²) in [6.07, 6.45) is 2.87. The molecule has 0 amide bonds. The van der Waals surface area contributed by atoms with Gasteiger partial charge in [-0.3, -0.25) is 0 Å². The second kappa shape index (κ2) is 6.25. The van der Waals surface area contributed by atoms with Crippen LogP contribution in [-0.4, -0.2) is 53.8 Å². The Kier molecular flexibility index (Phi) is 4.37. The average molecular weight is 306 g/mol. The Morgan fingerprint density at radius 1 is 1.52 bits per heavy atom. The third kappa shape index (κ3) is 3.17. The molecule has 3 heterocycles. The van der Waals surface area contributed by atoms with Crippen molar-refractivity contribution in [2.45, 2.75) is 32.4 Å². The number of morpholine rings is 1. The Balaban J connectivity index is 1.79. The second-order valence-corrected chi connectivity index (χ2v) is 6.73. The number of nitrogens with zero attached hydrogens (tertiary/aromatic N) is 3. The van der Waals surface area contributed by atoms with Crippen molar-refractivity contribution in [3.05, 3.63) is 17.3 Å². The summed E-state index contributed by atoms with van der Waals surface area (Å²) in [6.45, 7) is 7.08. The van der Waals surface area contributed by atoms with E-state index in [2.05, 4.69) is 47.1 Å². The van der Waals surface area contributed by atoms with Gasteiger partial charge >= 0.3 is 0 Å². The highest BCUT2D eigenvalue weighted by atomic mass is 32.1. The summed E-state index contributed by atoms with van der Waals surface area (Å²) in [5.74, 6) is 0.917. The zero-order valence-corrected chi connectivity index (χ0v) is 13.6. The fraction of sp³-hybridized carbons (Fsp3) is 0.600. The highest BCUT2D eigenvalue weighted by Gasteiger charge is 2.24. The minimum Gasteiger partial charge on any atom is -0.373 e. The van der Waals surface area contributed by atoms with Crippen LogP contribution in [0.15, 0.2) is 12.4 Å². The van der Waals surface area contributed by atoms with Gasteiger partial charge in [0.2, 0.25) is 0 Å². The number of anilines is 1. The number of nitrogens with one attached hydrogen (secondary N) is 1. The van der Waals surface area contributed by atoms with E-state index >= 15 is 0 Å². The number of likely N-dealkylation sites (N-methyl/N-ethyl adjacent to an activating group) is 1. The van der Waals surface area contributed by atoms with Crippen molar-refractivity contribution in [2.24, 2.45) is 0 Å². The first kappa shape index (κ1) is 14.7. The molecule has 1 fully saturated rings. The van der Waals surface area contributed by atoms with Crippen LogP contribution >= 0.6 is 11.3 Å². The molecule has 21 heavy (non-hydrogen) atoms. The molecule has 114 valence electrons. The molecular weight excluding hydrogens is 284 g/mol. The number of fused-ring (bicyclic) bond motifs is 1. The topological polar surface area (TPSA) is 50.3 Å². The smallest absolute Gasteiger partial charge is 0.138 e. The van der Waals surface area contributed by atoms with E-state index in [0.29, 0.717) is 0 Å². The first-order valence-electron chi connectivity index (χ1n) is 7.47. The number of thiophene rings is 1. The Morgan fingerprint density at radius 2 is 2.38 bits per heavy atom. The molecule has 5 nitrogen and oxygen atoms in total. The van der Waals surface area contributed by atoms with Crippen LogP contribution in [0, 0.1) is 0 Å². The van der Waals surface area contributed by atoms with E-state index in [0.717, 1.165) is 42.2 Å². The predicted octanol–water partition coefficient (Wildman–Crippen LogP) is 2.38. The summed E-state index contributed by atoms with van der Waals surface area (Å²) >= 11 is 1.74. The summed E-state index contributed by atoms with van der Waals surface area (Å²) < 4.78 is 5.88. The Hall–Kier alpha value is -1.24. The van der Waals surface area contributed by atoms with Crippen molar-refractivity contribution in [3.8, 4) is 0 Å². The van der Waals surface area contributed by atoms with Gasteiger partial charge in [-0.15, -0.1) is 11.3 Å². The molecule has 2 aromatic rings. The molecule has 3 rings (SSSR count). The third-order valence-corrected chi connectivity index (χ3v) is 5.13. The van der Waals surface area contributed by atoms with Gasteiger partial charge in [-0.25, -0.2) is 9.97 Å². The Bertz CT molecular complexity index is 615. The van der Waals surface area contributed by atoms with Gasteiger partial charge < -0.3 is 15.0 Å². The monoisotopic (exact) mass is 306 g/mol. The summed E-state index contributed by atoms with van der Waals surface area (Å²) in [7, 11) is 2.14. The molecule has 0 aromatic carbocycles. The molecule has 1 aliphatic heterocycles. The van der Waals surface area contributed by atoms with Gasteiger partial charge in [-0.1, -0.05) is 6.92 Å². The van der Waals surface area contributed by atoms with Crippen molar-refractivity contribution in [2.75, 3.05) is 32.1 Å². The van der Waals surface area contributed by atoms with Gasteiger partial charge in [-0.05, 0) is 26.5 Å². The van der Waals surface area contributed by atoms with Crippen molar-refractivity contribution in [1.82, 2.24) is 14.9 Å². The fourth-order valence-corrected chi connectivity index (χ4v) is 3.55. The molecule has 0 radical (unpaired) electrons. The molecule has 0 bridgehead atoms. The van der Waals surface area contributed by atoms with Crippen molar-refractivity contribution in [3.63, 3.8) is 0 Å². The lowest BCUT2D eigenvalue weighted by Gasteiger charge is -2.34. The molecule has 0 spiro atoms. The number of ether oxygens (including phenoxy) is 1. The lowest BCUT2D eigenvalue weighted by molar-refractivity contribution is -0.0259. The molecule has 2 aromatic heterocycles. The highest BCUT2D eigenvalue weighted by Crippen LogP contribution is 2.29. The maximum Gasteiger partial charge on any atom is 0.138 e. The fourth-order valence-electron chi connectivity index (χ4n) is 2.62. The van der Waals surface area contributed by atoms with Crippen molar-refractivity contribution in [1.29, 1.82) is 0 Å². The molecule has 0 aliphatic carbocycles. The third-order valence-electron chi connectivity index (χ3n) is 3.95. The van der Waals surface area contributed by atoms with Crippen LogP contribution in [0.25, 0.3) is 10.2 Å². The second-order valence-electron chi connectivity index (χ2n) is 5.61. The quantitative estimate of drug-likeness (QED) is 0.940. The van der Waals surface area contributed by atoms with E-state index in [-0.39, 0.29) is 12.1 Å². The number of hydrogen-bond acceptors (Lipinski definition) is 6. The minimum absolute atomic E-state index is 0.193. The number of hydrogen-bond donors (Lipinski definition) is 1. The van der Waals surface area contributed by atoms with Crippen LogP contribution in [0.5, 0.6) is 0 Å². The molecule has 2 unspecified atom stereocenters. The summed E-state index contributed by atoms with van der Waals surface area (Å²) in [6, 6.07) is 2.42. The van der Waals surface area contributed by atoms with Crippen molar-refractivity contribution >= 4 is 27.4 Å². The Labute approximate surface area is 129 Å². The van der Waals surface area contributed by atoms with Gasteiger partial charge in [0.05, 0.1) is 24.1 Å². The molecule has 2 atom stereocenters.